The molecule has 0 atom stereocenters. The molecule has 1 saturated heterocycles. The zero-order chi connectivity index (χ0) is 8.81. The van der Waals surface area contributed by atoms with Gasteiger partial charge in [-0.1, -0.05) is 24.5 Å². The summed E-state index contributed by atoms with van der Waals surface area (Å²) in [5.41, 5.74) is 1.44. The van der Waals surface area contributed by atoms with Crippen LogP contribution in [0.5, 0.6) is 0 Å². The summed E-state index contributed by atoms with van der Waals surface area (Å²) < 4.78 is 0. The first kappa shape index (κ1) is 9.79. The Kier molecular flexibility index (Phi) is 4.37. The number of rotatable bonds is 2. The van der Waals surface area contributed by atoms with Crippen molar-refractivity contribution in [2.45, 2.75) is 39.5 Å². The van der Waals surface area contributed by atoms with Crippen LogP contribution in [0.2, 0.25) is 0 Å². The second kappa shape index (κ2) is 5.36. The van der Waals surface area contributed by atoms with Gasteiger partial charge in [0.1, 0.15) is 0 Å². The molecule has 0 aromatic heterocycles. The van der Waals surface area contributed by atoms with Crippen molar-refractivity contribution in [2.75, 3.05) is 19.6 Å². The average Bonchev–Trinajstić information content (AvgIpc) is 2.28. The molecule has 0 aromatic rings. The van der Waals surface area contributed by atoms with Gasteiger partial charge in [0.25, 0.3) is 0 Å². The average molecular weight is 167 g/mol. The van der Waals surface area contributed by atoms with Crippen molar-refractivity contribution >= 4 is 0 Å². The second-order valence-corrected chi connectivity index (χ2v) is 4.00. The molecule has 1 fully saturated rings. The Morgan fingerprint density at radius 1 is 1.08 bits per heavy atom. The first-order valence-corrected chi connectivity index (χ1v) is 5.15. The van der Waals surface area contributed by atoms with Gasteiger partial charge >= 0.3 is 0 Å². The highest BCUT2D eigenvalue weighted by Gasteiger charge is 2.06. The van der Waals surface area contributed by atoms with Gasteiger partial charge in [-0.05, 0) is 39.8 Å². The van der Waals surface area contributed by atoms with Gasteiger partial charge in [-0.2, -0.15) is 0 Å². The van der Waals surface area contributed by atoms with Crippen LogP contribution in [0.1, 0.15) is 39.5 Å². The van der Waals surface area contributed by atoms with E-state index in [1.807, 2.05) is 0 Å². The third-order valence-corrected chi connectivity index (χ3v) is 2.46. The minimum Gasteiger partial charge on any atom is -0.300 e. The second-order valence-electron chi connectivity index (χ2n) is 4.00. The fourth-order valence-corrected chi connectivity index (χ4v) is 1.63. The van der Waals surface area contributed by atoms with Crippen LogP contribution >= 0.6 is 0 Å². The van der Waals surface area contributed by atoms with Crippen LogP contribution in [0, 0.1) is 0 Å². The number of hydrogen-bond donors (Lipinski definition) is 0. The molecule has 0 aliphatic carbocycles. The van der Waals surface area contributed by atoms with E-state index in [0.717, 1.165) is 0 Å². The smallest absolute Gasteiger partial charge is 0.0165 e. The maximum atomic E-state index is 2.57. The summed E-state index contributed by atoms with van der Waals surface area (Å²) in [4.78, 5) is 2.57. The van der Waals surface area contributed by atoms with Gasteiger partial charge in [0.15, 0.2) is 0 Å². The van der Waals surface area contributed by atoms with Crippen molar-refractivity contribution in [2.24, 2.45) is 0 Å². The summed E-state index contributed by atoms with van der Waals surface area (Å²) in [5, 5.41) is 0. The van der Waals surface area contributed by atoms with Gasteiger partial charge in [-0.3, -0.25) is 4.90 Å². The topological polar surface area (TPSA) is 3.24 Å². The molecule has 12 heavy (non-hydrogen) atoms. The van der Waals surface area contributed by atoms with Gasteiger partial charge in [-0.15, -0.1) is 0 Å². The third kappa shape index (κ3) is 3.91. The fraction of sp³-hybridized carbons (Fsp3) is 0.818. The Hall–Kier alpha value is -0.300. The minimum atomic E-state index is 1.17. The standard InChI is InChI=1S/C11H21N/c1-11(2)7-10-12-8-5-3-4-6-9-12/h7H,3-6,8-10H2,1-2H3. The molecule has 1 heteroatoms. The van der Waals surface area contributed by atoms with Crippen LogP contribution in [0.25, 0.3) is 0 Å². The first-order chi connectivity index (χ1) is 5.79. The molecule has 1 aliphatic rings. The van der Waals surface area contributed by atoms with Crippen molar-refractivity contribution in [3.8, 4) is 0 Å². The zero-order valence-electron chi connectivity index (χ0n) is 8.47. The molecule has 0 saturated carbocycles. The number of allylic oxidation sites excluding steroid dienone is 1. The molecular formula is C11H21N. The predicted octanol–water partition coefficient (Wildman–Crippen LogP) is 2.83. The molecular weight excluding hydrogens is 146 g/mol. The monoisotopic (exact) mass is 167 g/mol. The molecule has 0 aromatic carbocycles. The van der Waals surface area contributed by atoms with Crippen molar-refractivity contribution in [1.82, 2.24) is 4.90 Å². The van der Waals surface area contributed by atoms with E-state index in [0.29, 0.717) is 0 Å². The lowest BCUT2D eigenvalue weighted by Crippen LogP contribution is -2.24. The Bertz CT molecular complexity index is 137. The Labute approximate surface area is 76.5 Å². The molecule has 0 spiro atoms. The largest absolute Gasteiger partial charge is 0.300 e. The lowest BCUT2D eigenvalue weighted by Gasteiger charge is -2.17. The summed E-state index contributed by atoms with van der Waals surface area (Å²) in [5.74, 6) is 0. The van der Waals surface area contributed by atoms with E-state index >= 15 is 0 Å². The molecule has 1 aliphatic heterocycles. The van der Waals surface area contributed by atoms with Crippen LogP contribution in [0.3, 0.4) is 0 Å². The van der Waals surface area contributed by atoms with Crippen molar-refractivity contribution in [3.63, 3.8) is 0 Å². The maximum Gasteiger partial charge on any atom is 0.0165 e. The highest BCUT2D eigenvalue weighted by atomic mass is 15.1. The molecule has 70 valence electrons. The van der Waals surface area contributed by atoms with E-state index in [4.69, 9.17) is 0 Å². The van der Waals surface area contributed by atoms with Gasteiger partial charge in [0, 0.05) is 6.54 Å². The van der Waals surface area contributed by atoms with Crippen LogP contribution in [0.15, 0.2) is 11.6 Å². The summed E-state index contributed by atoms with van der Waals surface area (Å²) in [7, 11) is 0. The fourth-order valence-electron chi connectivity index (χ4n) is 1.63. The molecule has 0 unspecified atom stereocenters. The normalized spacial score (nSPS) is 20.2. The minimum absolute atomic E-state index is 1.17. The van der Waals surface area contributed by atoms with Gasteiger partial charge in [0.2, 0.25) is 0 Å². The van der Waals surface area contributed by atoms with E-state index in [1.165, 1.54) is 50.9 Å². The van der Waals surface area contributed by atoms with Gasteiger partial charge in [-0.25, -0.2) is 0 Å². The SMILES string of the molecule is CC(C)=CCN1CCCCCC1. The van der Waals surface area contributed by atoms with Gasteiger partial charge < -0.3 is 0 Å². The summed E-state index contributed by atoms with van der Waals surface area (Å²) >= 11 is 0. The number of likely N-dealkylation sites (tertiary alicyclic amines) is 1. The summed E-state index contributed by atoms with van der Waals surface area (Å²) in [6.07, 6.45) is 8.01. The molecule has 1 rings (SSSR count). The predicted molar refractivity (Wildman–Crippen MR) is 54.3 cm³/mol. The zero-order valence-corrected chi connectivity index (χ0v) is 8.47. The molecule has 1 heterocycles. The lowest BCUT2D eigenvalue weighted by atomic mass is 10.2. The third-order valence-electron chi connectivity index (χ3n) is 2.46. The molecule has 1 nitrogen and oxygen atoms in total. The van der Waals surface area contributed by atoms with E-state index < -0.39 is 0 Å². The van der Waals surface area contributed by atoms with Crippen LogP contribution in [-0.4, -0.2) is 24.5 Å². The van der Waals surface area contributed by atoms with Crippen molar-refractivity contribution in [1.29, 1.82) is 0 Å². The number of hydrogen-bond acceptors (Lipinski definition) is 1. The van der Waals surface area contributed by atoms with Gasteiger partial charge in [0.05, 0.1) is 0 Å². The summed E-state index contributed by atoms with van der Waals surface area (Å²) in [6.45, 7) is 8.14. The first-order valence-electron chi connectivity index (χ1n) is 5.15. The lowest BCUT2D eigenvalue weighted by molar-refractivity contribution is 0.315. The van der Waals surface area contributed by atoms with Crippen LogP contribution in [0.4, 0.5) is 0 Å². The van der Waals surface area contributed by atoms with E-state index in [2.05, 4.69) is 24.8 Å². The Morgan fingerprint density at radius 3 is 2.17 bits per heavy atom. The van der Waals surface area contributed by atoms with Crippen LogP contribution < -0.4 is 0 Å². The molecule has 0 N–H and O–H groups in total. The molecule has 0 amide bonds. The van der Waals surface area contributed by atoms with E-state index in [1.54, 1.807) is 0 Å². The molecule has 0 bridgehead atoms. The van der Waals surface area contributed by atoms with E-state index in [9.17, 15) is 0 Å². The quantitative estimate of drug-likeness (QED) is 0.572. The van der Waals surface area contributed by atoms with Crippen LogP contribution in [-0.2, 0) is 0 Å². The highest BCUT2D eigenvalue weighted by molar-refractivity contribution is 4.95. The van der Waals surface area contributed by atoms with Crippen molar-refractivity contribution < 1.29 is 0 Å². The maximum absolute atomic E-state index is 2.57. The Morgan fingerprint density at radius 2 is 1.67 bits per heavy atom. The highest BCUT2D eigenvalue weighted by Crippen LogP contribution is 2.09. The molecule has 0 radical (unpaired) electrons. The van der Waals surface area contributed by atoms with Crippen molar-refractivity contribution in [3.05, 3.63) is 11.6 Å². The van der Waals surface area contributed by atoms with E-state index in [-0.39, 0.29) is 0 Å². The number of nitrogens with zero attached hydrogens (tertiary/aromatic N) is 1. The summed E-state index contributed by atoms with van der Waals surface area (Å²) in [6, 6.07) is 0. The Balaban J connectivity index is 2.25.